The predicted octanol–water partition coefficient (Wildman–Crippen LogP) is 2.77. The number of carbonyl (C=O) groups is 1. The molecule has 2 unspecified atom stereocenters. The molecule has 0 saturated carbocycles. The monoisotopic (exact) mass is 261 g/mol. The first-order valence-corrected chi connectivity index (χ1v) is 7.12. The van der Waals surface area contributed by atoms with Crippen LogP contribution in [0.5, 0.6) is 0 Å². The first-order chi connectivity index (χ1) is 9.13. The van der Waals surface area contributed by atoms with Crippen LogP contribution in [0.4, 0.5) is 5.69 Å². The van der Waals surface area contributed by atoms with Gasteiger partial charge in [0.25, 0.3) is 5.91 Å². The van der Waals surface area contributed by atoms with Crippen LogP contribution in [0.25, 0.3) is 0 Å². The summed E-state index contributed by atoms with van der Waals surface area (Å²) in [6.07, 6.45) is 5.69. The lowest BCUT2D eigenvalue weighted by molar-refractivity contribution is 0.0574. The van der Waals surface area contributed by atoms with Crippen molar-refractivity contribution in [1.82, 2.24) is 9.88 Å². The van der Waals surface area contributed by atoms with E-state index in [0.717, 1.165) is 25.2 Å². The Morgan fingerprint density at radius 2 is 2.26 bits per heavy atom. The number of aromatic nitrogens is 1. The number of piperidine rings is 1. The van der Waals surface area contributed by atoms with E-state index in [1.807, 2.05) is 17.9 Å². The van der Waals surface area contributed by atoms with E-state index in [9.17, 15) is 4.79 Å². The number of rotatable bonds is 3. The molecule has 1 aliphatic rings. The fourth-order valence-corrected chi connectivity index (χ4v) is 2.64. The van der Waals surface area contributed by atoms with Gasteiger partial charge in [-0.05, 0) is 38.7 Å². The Labute approximate surface area is 115 Å². The third kappa shape index (κ3) is 3.06. The van der Waals surface area contributed by atoms with Crippen LogP contribution in [0.2, 0.25) is 0 Å². The Kier molecular flexibility index (Phi) is 4.40. The summed E-state index contributed by atoms with van der Waals surface area (Å²) in [5.74, 6) is 0.683. The summed E-state index contributed by atoms with van der Waals surface area (Å²) in [6.45, 7) is 8.02. The van der Waals surface area contributed by atoms with E-state index in [1.165, 1.54) is 6.42 Å². The van der Waals surface area contributed by atoms with Crippen molar-refractivity contribution in [3.63, 3.8) is 0 Å². The quantitative estimate of drug-likeness (QED) is 0.910. The fraction of sp³-hybridized carbons (Fsp3) is 0.600. The zero-order valence-electron chi connectivity index (χ0n) is 12.0. The van der Waals surface area contributed by atoms with E-state index in [-0.39, 0.29) is 5.91 Å². The molecule has 104 valence electrons. The van der Waals surface area contributed by atoms with Crippen LogP contribution in [-0.4, -0.2) is 34.9 Å². The molecule has 2 heterocycles. The lowest BCUT2D eigenvalue weighted by Crippen LogP contribution is -2.45. The Morgan fingerprint density at radius 1 is 1.47 bits per heavy atom. The summed E-state index contributed by atoms with van der Waals surface area (Å²) < 4.78 is 0. The molecule has 0 aromatic carbocycles. The van der Waals surface area contributed by atoms with Gasteiger partial charge in [0.05, 0.1) is 11.3 Å². The van der Waals surface area contributed by atoms with E-state index in [4.69, 9.17) is 0 Å². The van der Waals surface area contributed by atoms with Gasteiger partial charge in [-0.15, -0.1) is 0 Å². The molecule has 0 radical (unpaired) electrons. The molecule has 2 atom stereocenters. The highest BCUT2D eigenvalue weighted by molar-refractivity contribution is 5.99. The van der Waals surface area contributed by atoms with Crippen LogP contribution >= 0.6 is 0 Å². The maximum Gasteiger partial charge on any atom is 0.257 e. The molecule has 1 amide bonds. The number of nitrogens with one attached hydrogen (secondary N) is 1. The predicted molar refractivity (Wildman–Crippen MR) is 77.3 cm³/mol. The van der Waals surface area contributed by atoms with E-state index >= 15 is 0 Å². The molecule has 4 heteroatoms. The molecule has 1 aromatic rings. The van der Waals surface area contributed by atoms with Crippen molar-refractivity contribution in [2.45, 2.75) is 39.7 Å². The minimum atomic E-state index is 0.100. The van der Waals surface area contributed by atoms with Crippen molar-refractivity contribution in [3.05, 3.63) is 24.0 Å². The molecule has 1 aliphatic heterocycles. The van der Waals surface area contributed by atoms with Crippen LogP contribution in [0, 0.1) is 5.92 Å². The van der Waals surface area contributed by atoms with Gasteiger partial charge in [0.2, 0.25) is 0 Å². The van der Waals surface area contributed by atoms with Crippen molar-refractivity contribution < 1.29 is 4.79 Å². The normalized spacial score (nSPS) is 23.2. The third-order valence-corrected chi connectivity index (χ3v) is 3.80. The molecule has 1 aromatic heterocycles. The van der Waals surface area contributed by atoms with E-state index in [1.54, 1.807) is 12.4 Å². The number of nitrogens with zero attached hydrogens (tertiary/aromatic N) is 2. The van der Waals surface area contributed by atoms with Crippen LogP contribution < -0.4 is 5.32 Å². The molecule has 1 N–H and O–H groups in total. The van der Waals surface area contributed by atoms with Gasteiger partial charge in [-0.25, -0.2) is 0 Å². The van der Waals surface area contributed by atoms with E-state index in [0.29, 0.717) is 17.5 Å². The summed E-state index contributed by atoms with van der Waals surface area (Å²) in [5.41, 5.74) is 1.57. The molecule has 19 heavy (non-hydrogen) atoms. The van der Waals surface area contributed by atoms with Gasteiger partial charge < -0.3 is 10.2 Å². The van der Waals surface area contributed by atoms with Crippen LogP contribution in [0.3, 0.4) is 0 Å². The number of likely N-dealkylation sites (tertiary alicyclic amines) is 1. The van der Waals surface area contributed by atoms with Crippen LogP contribution in [0.1, 0.15) is 44.0 Å². The third-order valence-electron chi connectivity index (χ3n) is 3.80. The first-order valence-electron chi connectivity index (χ1n) is 7.12. The fourth-order valence-electron chi connectivity index (χ4n) is 2.64. The van der Waals surface area contributed by atoms with Gasteiger partial charge in [-0.2, -0.15) is 0 Å². The van der Waals surface area contributed by atoms with Gasteiger partial charge in [-0.1, -0.05) is 6.92 Å². The SMILES string of the molecule is CCNc1ccncc1C(=O)N1CC(C)CCC1C. The molecule has 2 rings (SSSR count). The highest BCUT2D eigenvalue weighted by atomic mass is 16.2. The molecular weight excluding hydrogens is 238 g/mol. The van der Waals surface area contributed by atoms with Gasteiger partial charge >= 0.3 is 0 Å². The maximum absolute atomic E-state index is 12.7. The number of anilines is 1. The highest BCUT2D eigenvalue weighted by Gasteiger charge is 2.28. The smallest absolute Gasteiger partial charge is 0.257 e. The molecule has 0 aliphatic carbocycles. The summed E-state index contributed by atoms with van der Waals surface area (Å²) in [5, 5.41) is 3.23. The van der Waals surface area contributed by atoms with Crippen molar-refractivity contribution >= 4 is 11.6 Å². The van der Waals surface area contributed by atoms with Gasteiger partial charge in [-0.3, -0.25) is 9.78 Å². The second kappa shape index (κ2) is 6.04. The van der Waals surface area contributed by atoms with Crippen LogP contribution in [0.15, 0.2) is 18.5 Å². The average Bonchev–Trinajstić information content (AvgIpc) is 2.42. The van der Waals surface area contributed by atoms with Crippen molar-refractivity contribution in [2.24, 2.45) is 5.92 Å². The standard InChI is InChI=1S/C15H23N3O/c1-4-17-14-7-8-16-9-13(14)15(19)18-10-11(2)5-6-12(18)3/h7-9,11-12H,4-6,10H2,1-3H3,(H,16,17). The van der Waals surface area contributed by atoms with Crippen molar-refractivity contribution in [1.29, 1.82) is 0 Å². The Bertz CT molecular complexity index is 447. The molecular formula is C15H23N3O. The number of amides is 1. The minimum absolute atomic E-state index is 0.100. The Hall–Kier alpha value is -1.58. The second-order valence-electron chi connectivity index (χ2n) is 5.44. The lowest BCUT2D eigenvalue weighted by Gasteiger charge is -2.37. The van der Waals surface area contributed by atoms with Crippen molar-refractivity contribution in [2.75, 3.05) is 18.4 Å². The number of hydrogen-bond donors (Lipinski definition) is 1. The zero-order valence-corrected chi connectivity index (χ0v) is 12.0. The molecule has 0 bridgehead atoms. The Balaban J connectivity index is 2.23. The van der Waals surface area contributed by atoms with Crippen molar-refractivity contribution in [3.8, 4) is 0 Å². The minimum Gasteiger partial charge on any atom is -0.385 e. The highest BCUT2D eigenvalue weighted by Crippen LogP contribution is 2.25. The zero-order chi connectivity index (χ0) is 13.8. The molecule has 0 spiro atoms. The maximum atomic E-state index is 12.7. The van der Waals surface area contributed by atoms with Gasteiger partial charge in [0, 0.05) is 31.5 Å². The average molecular weight is 261 g/mol. The Morgan fingerprint density at radius 3 is 3.00 bits per heavy atom. The van der Waals surface area contributed by atoms with Crippen LogP contribution in [-0.2, 0) is 0 Å². The van der Waals surface area contributed by atoms with Gasteiger partial charge in [0.1, 0.15) is 0 Å². The van der Waals surface area contributed by atoms with E-state index < -0.39 is 0 Å². The molecule has 1 fully saturated rings. The number of pyridine rings is 1. The lowest BCUT2D eigenvalue weighted by atomic mass is 9.94. The summed E-state index contributed by atoms with van der Waals surface area (Å²) in [7, 11) is 0. The summed E-state index contributed by atoms with van der Waals surface area (Å²) in [4.78, 5) is 18.8. The van der Waals surface area contributed by atoms with E-state index in [2.05, 4.69) is 24.1 Å². The summed E-state index contributed by atoms with van der Waals surface area (Å²) in [6, 6.07) is 2.19. The van der Waals surface area contributed by atoms with Gasteiger partial charge in [0.15, 0.2) is 0 Å². The largest absolute Gasteiger partial charge is 0.385 e. The molecule has 4 nitrogen and oxygen atoms in total. The second-order valence-corrected chi connectivity index (χ2v) is 5.44. The number of hydrogen-bond acceptors (Lipinski definition) is 3. The number of carbonyl (C=O) groups excluding carboxylic acids is 1. The summed E-state index contributed by atoms with van der Waals surface area (Å²) >= 11 is 0. The molecule has 1 saturated heterocycles. The first kappa shape index (κ1) is 13.8. The topological polar surface area (TPSA) is 45.2 Å².